The molecule has 4 rings (SSSR count). The Hall–Kier alpha value is -0.530. The zero-order valence-electron chi connectivity index (χ0n) is 19.9. The maximum atomic E-state index is 12.2. The van der Waals surface area contributed by atoms with Crippen LogP contribution in [0, 0.1) is 52.3 Å². The summed E-state index contributed by atoms with van der Waals surface area (Å²) < 4.78 is 0. The number of hydrogen-bond acceptors (Lipinski definition) is 1. The molecule has 2 nitrogen and oxygen atoms in total. The predicted octanol–water partition coefficient (Wildman–Crippen LogP) is 6.83. The van der Waals surface area contributed by atoms with Crippen molar-refractivity contribution >= 4 is 5.91 Å². The number of nitrogens with one attached hydrogen (secondary N) is 1. The molecule has 8 atom stereocenters. The van der Waals surface area contributed by atoms with Gasteiger partial charge in [-0.15, -0.1) is 0 Å². The van der Waals surface area contributed by atoms with Gasteiger partial charge in [-0.3, -0.25) is 4.79 Å². The van der Waals surface area contributed by atoms with Gasteiger partial charge >= 0.3 is 0 Å². The second-order valence-electron chi connectivity index (χ2n) is 12.5. The highest BCUT2D eigenvalue weighted by Gasteiger charge is 2.60. The molecule has 8 unspecified atom stereocenters. The second kappa shape index (κ2) is 8.19. The normalized spacial score (nSPS) is 45.7. The van der Waals surface area contributed by atoms with Crippen molar-refractivity contribution in [2.75, 3.05) is 6.54 Å². The van der Waals surface area contributed by atoms with E-state index < -0.39 is 0 Å². The Morgan fingerprint density at radius 1 is 0.931 bits per heavy atom. The van der Waals surface area contributed by atoms with E-state index in [1.54, 1.807) is 0 Å². The summed E-state index contributed by atoms with van der Waals surface area (Å²) in [6.07, 6.45) is 14.8. The molecule has 2 heteroatoms. The van der Waals surface area contributed by atoms with E-state index in [9.17, 15) is 4.79 Å². The van der Waals surface area contributed by atoms with Crippen molar-refractivity contribution in [3.8, 4) is 0 Å². The van der Waals surface area contributed by atoms with Crippen molar-refractivity contribution < 1.29 is 4.79 Å². The molecule has 3 aliphatic carbocycles. The highest BCUT2D eigenvalue weighted by atomic mass is 16.1. The number of rotatable bonds is 5. The highest BCUT2D eigenvalue weighted by Crippen LogP contribution is 2.67. The Bertz CT molecular complexity index is 599. The van der Waals surface area contributed by atoms with E-state index in [0.717, 1.165) is 48.5 Å². The van der Waals surface area contributed by atoms with Gasteiger partial charge in [0.2, 0.25) is 5.91 Å². The molecule has 0 aromatic carbocycles. The summed E-state index contributed by atoms with van der Waals surface area (Å²) in [4.78, 5) is 12.2. The van der Waals surface area contributed by atoms with Crippen LogP contribution < -0.4 is 5.32 Å². The number of amides is 1. The molecule has 1 N–H and O–H groups in total. The van der Waals surface area contributed by atoms with Crippen LogP contribution in [-0.2, 0) is 4.79 Å². The summed E-state index contributed by atoms with van der Waals surface area (Å²) in [6.45, 7) is 13.5. The average molecular weight is 402 g/mol. The maximum Gasteiger partial charge on any atom is 0.220 e. The minimum Gasteiger partial charge on any atom is -0.356 e. The lowest BCUT2D eigenvalue weighted by atomic mass is 9.46. The molecule has 4 fully saturated rings. The average Bonchev–Trinajstić information content (AvgIpc) is 2.92. The quantitative estimate of drug-likeness (QED) is 0.537. The van der Waals surface area contributed by atoms with E-state index in [1.807, 2.05) is 0 Å². The third-order valence-corrected chi connectivity index (χ3v) is 10.7. The van der Waals surface area contributed by atoms with Gasteiger partial charge in [-0.05, 0) is 97.2 Å². The first-order chi connectivity index (χ1) is 13.8. The summed E-state index contributed by atoms with van der Waals surface area (Å²) in [5.41, 5.74) is 0.977. The largest absolute Gasteiger partial charge is 0.356 e. The standard InChI is InChI=1S/C27H47NO/c1-18(2)7-6-8-19(3)22-11-12-23-21-10-9-20-17-25(29)28-16-15-26(20,4)24(21)13-14-27(22,23)5/h18-24H,6-17H2,1-5H3,(H,28,29). The monoisotopic (exact) mass is 401 g/mol. The van der Waals surface area contributed by atoms with Crippen LogP contribution in [0.15, 0.2) is 0 Å². The van der Waals surface area contributed by atoms with E-state index in [-0.39, 0.29) is 0 Å². The fourth-order valence-corrected chi connectivity index (χ4v) is 9.05. The van der Waals surface area contributed by atoms with Gasteiger partial charge in [0, 0.05) is 13.0 Å². The van der Waals surface area contributed by atoms with Crippen LogP contribution in [0.1, 0.15) is 105 Å². The number of hydrogen-bond donors (Lipinski definition) is 1. The SMILES string of the molecule is CC(C)CCCC(C)C1CCC2C3CCC4CC(=O)NCCC4(C)C3CCC12C. The van der Waals surface area contributed by atoms with Crippen LogP contribution in [0.25, 0.3) is 0 Å². The van der Waals surface area contributed by atoms with E-state index >= 15 is 0 Å². The summed E-state index contributed by atoms with van der Waals surface area (Å²) >= 11 is 0. The van der Waals surface area contributed by atoms with Gasteiger partial charge in [-0.25, -0.2) is 0 Å². The first-order valence-electron chi connectivity index (χ1n) is 13.0. The fourth-order valence-electron chi connectivity index (χ4n) is 9.05. The Morgan fingerprint density at radius 3 is 2.45 bits per heavy atom. The fraction of sp³-hybridized carbons (Fsp3) is 0.963. The zero-order chi connectivity index (χ0) is 20.8. The number of carbonyl (C=O) groups excluding carboxylic acids is 1. The van der Waals surface area contributed by atoms with Gasteiger partial charge in [-0.1, -0.05) is 53.9 Å². The first kappa shape index (κ1) is 21.7. The molecule has 0 aromatic rings. The van der Waals surface area contributed by atoms with Gasteiger partial charge in [0.25, 0.3) is 0 Å². The maximum absolute atomic E-state index is 12.2. The summed E-state index contributed by atoms with van der Waals surface area (Å²) in [5, 5.41) is 3.19. The van der Waals surface area contributed by atoms with Crippen molar-refractivity contribution in [2.45, 2.75) is 105 Å². The first-order valence-corrected chi connectivity index (χ1v) is 13.0. The van der Waals surface area contributed by atoms with Gasteiger partial charge < -0.3 is 5.32 Å². The van der Waals surface area contributed by atoms with Gasteiger partial charge in [0.05, 0.1) is 0 Å². The van der Waals surface area contributed by atoms with E-state index in [2.05, 4.69) is 39.9 Å². The van der Waals surface area contributed by atoms with Crippen molar-refractivity contribution in [3.05, 3.63) is 0 Å². The minimum atomic E-state index is 0.314. The highest BCUT2D eigenvalue weighted by molar-refractivity contribution is 5.76. The molecule has 1 saturated heterocycles. The van der Waals surface area contributed by atoms with Crippen molar-refractivity contribution in [2.24, 2.45) is 52.3 Å². The molecule has 1 aliphatic heterocycles. The van der Waals surface area contributed by atoms with Crippen molar-refractivity contribution in [1.29, 1.82) is 0 Å². The van der Waals surface area contributed by atoms with Crippen LogP contribution in [0.3, 0.4) is 0 Å². The Kier molecular flexibility index (Phi) is 6.13. The van der Waals surface area contributed by atoms with E-state index in [4.69, 9.17) is 0 Å². The third kappa shape index (κ3) is 3.80. The van der Waals surface area contributed by atoms with Gasteiger partial charge in [-0.2, -0.15) is 0 Å². The van der Waals surface area contributed by atoms with Crippen LogP contribution in [-0.4, -0.2) is 12.5 Å². The number of fused-ring (bicyclic) bond motifs is 5. The molecule has 166 valence electrons. The van der Waals surface area contributed by atoms with Crippen molar-refractivity contribution in [1.82, 2.24) is 5.32 Å². The molecular formula is C27H47NO. The molecular weight excluding hydrogens is 354 g/mol. The Balaban J connectivity index is 1.48. The van der Waals surface area contributed by atoms with Gasteiger partial charge in [0.15, 0.2) is 0 Å². The molecule has 3 saturated carbocycles. The lowest BCUT2D eigenvalue weighted by Gasteiger charge is -2.59. The lowest BCUT2D eigenvalue weighted by Crippen LogP contribution is -2.52. The van der Waals surface area contributed by atoms with Crippen LogP contribution >= 0.6 is 0 Å². The van der Waals surface area contributed by atoms with Crippen LogP contribution in [0.2, 0.25) is 0 Å². The number of carbonyl (C=O) groups is 1. The van der Waals surface area contributed by atoms with E-state index in [0.29, 0.717) is 22.7 Å². The summed E-state index contributed by atoms with van der Waals surface area (Å²) in [6, 6.07) is 0. The summed E-state index contributed by atoms with van der Waals surface area (Å²) in [5.74, 6) is 6.37. The molecule has 0 spiro atoms. The van der Waals surface area contributed by atoms with E-state index in [1.165, 1.54) is 64.2 Å². The van der Waals surface area contributed by atoms with Crippen molar-refractivity contribution in [3.63, 3.8) is 0 Å². The molecule has 0 radical (unpaired) electrons. The molecule has 29 heavy (non-hydrogen) atoms. The van der Waals surface area contributed by atoms with Gasteiger partial charge in [0.1, 0.15) is 0 Å². The second-order valence-corrected chi connectivity index (χ2v) is 12.5. The Morgan fingerprint density at radius 2 is 1.69 bits per heavy atom. The van der Waals surface area contributed by atoms with Crippen LogP contribution in [0.5, 0.6) is 0 Å². The third-order valence-electron chi connectivity index (χ3n) is 10.7. The minimum absolute atomic E-state index is 0.314. The molecule has 0 aromatic heterocycles. The topological polar surface area (TPSA) is 29.1 Å². The molecule has 1 heterocycles. The smallest absolute Gasteiger partial charge is 0.220 e. The predicted molar refractivity (Wildman–Crippen MR) is 121 cm³/mol. The summed E-state index contributed by atoms with van der Waals surface area (Å²) in [7, 11) is 0. The molecule has 1 amide bonds. The lowest BCUT2D eigenvalue weighted by molar-refractivity contribution is -0.126. The Labute approximate surface area is 180 Å². The molecule has 4 aliphatic rings. The van der Waals surface area contributed by atoms with Crippen LogP contribution in [0.4, 0.5) is 0 Å². The zero-order valence-corrected chi connectivity index (χ0v) is 19.9. The molecule has 0 bridgehead atoms.